The van der Waals surface area contributed by atoms with Gasteiger partial charge in [0.05, 0.1) is 23.5 Å². The molecule has 3 heterocycles. The van der Waals surface area contributed by atoms with E-state index in [1.807, 2.05) is 34.5 Å². The van der Waals surface area contributed by atoms with Gasteiger partial charge in [0.25, 0.3) is 0 Å². The molecule has 2 aromatic rings. The Hall–Kier alpha value is -2.98. The summed E-state index contributed by atoms with van der Waals surface area (Å²) in [6.07, 6.45) is 0.324. The lowest BCUT2D eigenvalue weighted by Gasteiger charge is -2.28. The monoisotopic (exact) mass is 489 g/mol. The number of alkyl halides is 2. The average Bonchev–Trinajstić information content (AvgIpc) is 3.39. The van der Waals surface area contributed by atoms with Gasteiger partial charge < -0.3 is 19.3 Å². The van der Waals surface area contributed by atoms with E-state index >= 15 is 0 Å². The van der Waals surface area contributed by atoms with Crippen LogP contribution in [0.4, 0.5) is 14.5 Å². The minimum absolute atomic E-state index is 0.0324. The molecule has 0 aliphatic carbocycles. The Balaban J connectivity index is 1.16. The zero-order valence-corrected chi connectivity index (χ0v) is 19.5. The zero-order chi connectivity index (χ0) is 23.8. The Morgan fingerprint density at radius 1 is 1.09 bits per heavy atom. The molecule has 0 saturated heterocycles. The number of halogens is 2. The van der Waals surface area contributed by atoms with E-state index in [4.69, 9.17) is 4.74 Å². The molecule has 34 heavy (non-hydrogen) atoms. The van der Waals surface area contributed by atoms with E-state index in [1.165, 1.54) is 24.3 Å². The van der Waals surface area contributed by atoms with Crippen molar-refractivity contribution in [2.45, 2.75) is 17.9 Å². The summed E-state index contributed by atoms with van der Waals surface area (Å²) in [5.41, 5.74) is 4.21. The first-order valence-corrected chi connectivity index (χ1v) is 12.1. The molecule has 2 aromatic carbocycles. The van der Waals surface area contributed by atoms with E-state index in [9.17, 15) is 17.8 Å². The molecule has 0 bridgehead atoms. The number of amides is 1. The van der Waals surface area contributed by atoms with Crippen LogP contribution in [0.3, 0.4) is 0 Å². The number of rotatable bonds is 6. The summed E-state index contributed by atoms with van der Waals surface area (Å²) in [6.45, 7) is 0.694. The fourth-order valence-corrected chi connectivity index (χ4v) is 5.73. The first-order chi connectivity index (χ1) is 16.4. The molecule has 0 spiro atoms. The normalized spacial score (nSPS) is 18.7. The molecule has 0 saturated carbocycles. The third-order valence-corrected chi connectivity index (χ3v) is 7.71. The van der Waals surface area contributed by atoms with Crippen LogP contribution in [0.25, 0.3) is 0 Å². The highest BCUT2D eigenvalue weighted by Crippen LogP contribution is 2.33. The van der Waals surface area contributed by atoms with E-state index in [1.54, 1.807) is 0 Å². The molecule has 0 N–H and O–H groups in total. The standard InChI is InChI=1S/C24H25F2N3O4S/c1-27-8-9-32-22-7-2-16(10-21(22)27)11-23(30)28-12-17-14-29(15-18(17)13-28)34(31)20-5-3-19(4-6-20)33-24(25)26/h2-7,10,24H,8-9,11-15H2,1H3. The summed E-state index contributed by atoms with van der Waals surface area (Å²) < 4.78 is 49.4. The second kappa shape index (κ2) is 9.34. The largest absolute Gasteiger partial charge is 0.490 e. The molecule has 0 aromatic heterocycles. The van der Waals surface area contributed by atoms with E-state index in [0.717, 1.165) is 34.7 Å². The van der Waals surface area contributed by atoms with Gasteiger partial charge in [-0.25, -0.2) is 8.51 Å². The number of hydrogen-bond acceptors (Lipinski definition) is 5. The molecule has 1 atom stereocenters. The van der Waals surface area contributed by atoms with Gasteiger partial charge in [-0.1, -0.05) is 6.07 Å². The van der Waals surface area contributed by atoms with Crippen molar-refractivity contribution in [2.24, 2.45) is 0 Å². The van der Waals surface area contributed by atoms with Gasteiger partial charge in [-0.2, -0.15) is 8.78 Å². The number of nitrogens with zero attached hydrogens (tertiary/aromatic N) is 3. The Bertz CT molecular complexity index is 1140. The van der Waals surface area contributed by atoms with Gasteiger partial charge in [0.1, 0.15) is 29.1 Å². The number of ether oxygens (including phenoxy) is 2. The number of carbonyl (C=O) groups excluding carboxylic acids is 1. The van der Waals surface area contributed by atoms with Gasteiger partial charge in [0, 0.05) is 33.2 Å². The van der Waals surface area contributed by atoms with Crippen LogP contribution in [0.1, 0.15) is 5.56 Å². The van der Waals surface area contributed by atoms with Gasteiger partial charge in [0.15, 0.2) is 0 Å². The second-order valence-electron chi connectivity index (χ2n) is 8.60. The fourth-order valence-electron chi connectivity index (χ4n) is 4.52. The maximum absolute atomic E-state index is 13.0. The summed E-state index contributed by atoms with van der Waals surface area (Å²) in [5, 5.41) is 0. The van der Waals surface area contributed by atoms with Crippen molar-refractivity contribution < 1.29 is 27.3 Å². The van der Waals surface area contributed by atoms with Crippen LogP contribution in [-0.2, 0) is 22.2 Å². The van der Waals surface area contributed by atoms with Crippen molar-refractivity contribution >= 4 is 22.6 Å². The lowest BCUT2D eigenvalue weighted by Crippen LogP contribution is -2.35. The Morgan fingerprint density at radius 3 is 2.47 bits per heavy atom. The number of hydrogen-bond donors (Lipinski definition) is 0. The minimum Gasteiger partial charge on any atom is -0.490 e. The Morgan fingerprint density at radius 2 is 1.79 bits per heavy atom. The van der Waals surface area contributed by atoms with E-state index in [2.05, 4.69) is 9.64 Å². The van der Waals surface area contributed by atoms with Gasteiger partial charge >= 0.3 is 6.61 Å². The maximum Gasteiger partial charge on any atom is 0.387 e. The molecule has 1 unspecified atom stereocenters. The summed E-state index contributed by atoms with van der Waals surface area (Å²) in [6, 6.07) is 11.7. The molecule has 180 valence electrons. The Labute approximate surface area is 199 Å². The topological polar surface area (TPSA) is 62.3 Å². The predicted octanol–water partition coefficient (Wildman–Crippen LogP) is 2.84. The molecule has 10 heteroatoms. The second-order valence-corrected chi connectivity index (χ2v) is 10.1. The smallest absolute Gasteiger partial charge is 0.387 e. The van der Waals surface area contributed by atoms with Gasteiger partial charge in [0.2, 0.25) is 5.91 Å². The third-order valence-electron chi connectivity index (χ3n) is 6.31. The van der Waals surface area contributed by atoms with Crippen molar-refractivity contribution in [3.8, 4) is 11.5 Å². The first kappa shape index (κ1) is 22.8. The molecule has 0 fully saturated rings. The molecule has 7 nitrogen and oxygen atoms in total. The van der Waals surface area contributed by atoms with Crippen molar-refractivity contribution in [1.29, 1.82) is 0 Å². The van der Waals surface area contributed by atoms with E-state index in [-0.39, 0.29) is 11.7 Å². The van der Waals surface area contributed by atoms with Crippen LogP contribution in [0, 0.1) is 0 Å². The van der Waals surface area contributed by atoms with Crippen molar-refractivity contribution in [3.63, 3.8) is 0 Å². The molecule has 1 amide bonds. The van der Waals surface area contributed by atoms with Crippen molar-refractivity contribution in [1.82, 2.24) is 9.21 Å². The number of carbonyl (C=O) groups is 1. The summed E-state index contributed by atoms with van der Waals surface area (Å²) in [4.78, 5) is 17.5. The van der Waals surface area contributed by atoms with Crippen LogP contribution in [0.15, 0.2) is 58.5 Å². The van der Waals surface area contributed by atoms with Gasteiger partial charge in [-0.05, 0) is 53.1 Å². The molecule has 5 rings (SSSR count). The van der Waals surface area contributed by atoms with Crippen LogP contribution in [0.5, 0.6) is 11.5 Å². The van der Waals surface area contributed by atoms with Crippen LogP contribution in [-0.4, -0.2) is 72.3 Å². The number of fused-ring (bicyclic) bond motifs is 1. The predicted molar refractivity (Wildman–Crippen MR) is 124 cm³/mol. The Kier molecular flexibility index (Phi) is 6.26. The van der Waals surface area contributed by atoms with Crippen LogP contribution < -0.4 is 14.4 Å². The average molecular weight is 490 g/mol. The van der Waals surface area contributed by atoms with Crippen molar-refractivity contribution in [2.75, 3.05) is 51.3 Å². The highest BCUT2D eigenvalue weighted by molar-refractivity contribution is 7.82. The molecular weight excluding hydrogens is 464 g/mol. The molecule has 0 radical (unpaired) electrons. The quantitative estimate of drug-likeness (QED) is 0.584. The van der Waals surface area contributed by atoms with Crippen LogP contribution >= 0.6 is 0 Å². The number of anilines is 1. The number of benzene rings is 2. The highest BCUT2D eigenvalue weighted by Gasteiger charge is 2.34. The lowest BCUT2D eigenvalue weighted by molar-refractivity contribution is -0.129. The zero-order valence-electron chi connectivity index (χ0n) is 18.7. The molecular formula is C24H25F2N3O4S. The van der Waals surface area contributed by atoms with Gasteiger partial charge in [-0.15, -0.1) is 0 Å². The van der Waals surface area contributed by atoms with Gasteiger partial charge in [-0.3, -0.25) is 4.79 Å². The first-order valence-electron chi connectivity index (χ1n) is 11.0. The fraction of sp³-hybridized carbons (Fsp3) is 0.375. The van der Waals surface area contributed by atoms with E-state index in [0.29, 0.717) is 44.1 Å². The van der Waals surface area contributed by atoms with Crippen molar-refractivity contribution in [3.05, 3.63) is 59.2 Å². The van der Waals surface area contributed by atoms with Crippen LogP contribution in [0.2, 0.25) is 0 Å². The summed E-state index contributed by atoms with van der Waals surface area (Å²) in [7, 11) is 0.598. The maximum atomic E-state index is 13.0. The number of likely N-dealkylation sites (N-methyl/N-ethyl adjacent to an activating group) is 1. The minimum atomic E-state index is -2.89. The highest BCUT2D eigenvalue weighted by atomic mass is 32.2. The summed E-state index contributed by atoms with van der Waals surface area (Å²) in [5.74, 6) is 0.942. The SMILES string of the molecule is CN1CCOc2ccc(CC(=O)N3CC4=C(C3)CN(S(=O)c3ccc(OC(F)F)cc3)C4)cc21. The summed E-state index contributed by atoms with van der Waals surface area (Å²) >= 11 is 0. The molecule has 3 aliphatic rings. The third kappa shape index (κ3) is 4.65. The lowest BCUT2D eigenvalue weighted by atomic mass is 10.1. The van der Waals surface area contributed by atoms with E-state index < -0.39 is 17.6 Å². The molecule has 3 aliphatic heterocycles.